The van der Waals surface area contributed by atoms with Gasteiger partial charge in [-0.15, -0.1) is 0 Å². The number of benzene rings is 1. The minimum Gasteiger partial charge on any atom is -0.353 e. The Balaban J connectivity index is 1.41. The summed E-state index contributed by atoms with van der Waals surface area (Å²) in [6.07, 6.45) is 7.78. The predicted molar refractivity (Wildman–Crippen MR) is 125 cm³/mol. The summed E-state index contributed by atoms with van der Waals surface area (Å²) >= 11 is 0. The Morgan fingerprint density at radius 1 is 0.970 bits per heavy atom. The standard InChI is InChI=1S/C25H29N5O3/c1-2-27-16-20(22-21(17-27)25(33)30(26-22)19-10-4-3-5-11-19)24(32)29-14-12-28(13-15-29)23(31)18-8-6-7-9-18/h3-5,10-11,16-18H,2,6-9,12-15H2,1H3. The van der Waals surface area contributed by atoms with Crippen LogP contribution >= 0.6 is 0 Å². The number of rotatable bonds is 4. The molecule has 5 rings (SSSR count). The highest BCUT2D eigenvalue weighted by molar-refractivity contribution is 6.00. The first-order chi connectivity index (χ1) is 16.1. The van der Waals surface area contributed by atoms with Gasteiger partial charge in [0, 0.05) is 51.0 Å². The van der Waals surface area contributed by atoms with Gasteiger partial charge in [-0.25, -0.2) is 0 Å². The molecule has 8 heteroatoms. The second kappa shape index (κ2) is 8.84. The molecule has 2 fully saturated rings. The van der Waals surface area contributed by atoms with Gasteiger partial charge in [0.2, 0.25) is 5.91 Å². The van der Waals surface area contributed by atoms with E-state index in [1.807, 2.05) is 46.7 Å². The Morgan fingerprint density at radius 2 is 1.64 bits per heavy atom. The van der Waals surface area contributed by atoms with Crippen molar-refractivity contribution in [2.45, 2.75) is 39.2 Å². The van der Waals surface area contributed by atoms with E-state index in [2.05, 4.69) is 5.10 Å². The molecule has 1 aliphatic carbocycles. The van der Waals surface area contributed by atoms with E-state index in [0.717, 1.165) is 25.7 Å². The monoisotopic (exact) mass is 447 g/mol. The highest BCUT2D eigenvalue weighted by Gasteiger charge is 2.32. The Kier molecular flexibility index (Phi) is 5.74. The van der Waals surface area contributed by atoms with Crippen LogP contribution < -0.4 is 5.56 Å². The van der Waals surface area contributed by atoms with Crippen molar-refractivity contribution in [1.29, 1.82) is 0 Å². The molecule has 4 aliphatic rings. The first-order valence-electron chi connectivity index (χ1n) is 11.8. The van der Waals surface area contributed by atoms with Gasteiger partial charge in [-0.1, -0.05) is 31.0 Å². The summed E-state index contributed by atoms with van der Waals surface area (Å²) < 4.78 is 3.22. The average Bonchev–Trinajstić information content (AvgIpc) is 3.52. The van der Waals surface area contributed by atoms with E-state index in [-0.39, 0.29) is 23.3 Å². The summed E-state index contributed by atoms with van der Waals surface area (Å²) in [4.78, 5) is 43.1. The van der Waals surface area contributed by atoms with Gasteiger partial charge < -0.3 is 14.4 Å². The third kappa shape index (κ3) is 3.94. The lowest BCUT2D eigenvalue weighted by Gasteiger charge is -2.36. The number of carbonyl (C=O) groups is 2. The van der Waals surface area contributed by atoms with Crippen LogP contribution in [-0.2, 0) is 11.3 Å². The molecule has 8 nitrogen and oxygen atoms in total. The van der Waals surface area contributed by atoms with Crippen LogP contribution in [0, 0.1) is 5.92 Å². The van der Waals surface area contributed by atoms with E-state index < -0.39 is 0 Å². The highest BCUT2D eigenvalue weighted by atomic mass is 16.2. The Hall–Kier alpha value is -3.42. The summed E-state index contributed by atoms with van der Waals surface area (Å²) in [5, 5.41) is 4.55. The van der Waals surface area contributed by atoms with Gasteiger partial charge in [0.1, 0.15) is 5.69 Å². The summed E-state index contributed by atoms with van der Waals surface area (Å²) in [6.45, 7) is 4.69. The van der Waals surface area contributed by atoms with Crippen molar-refractivity contribution in [3.8, 4) is 16.9 Å². The van der Waals surface area contributed by atoms with Crippen LogP contribution in [0.2, 0.25) is 0 Å². The van der Waals surface area contributed by atoms with Gasteiger partial charge in [0.25, 0.3) is 11.5 Å². The molecule has 1 aromatic carbocycles. The van der Waals surface area contributed by atoms with E-state index in [1.54, 1.807) is 17.3 Å². The normalized spacial score (nSPS) is 17.1. The molecule has 33 heavy (non-hydrogen) atoms. The van der Waals surface area contributed by atoms with Crippen molar-refractivity contribution in [2.75, 3.05) is 26.2 Å². The largest absolute Gasteiger partial charge is 0.353 e. The fourth-order valence-electron chi connectivity index (χ4n) is 4.97. The Labute approximate surface area is 192 Å². The maximum absolute atomic E-state index is 13.5. The maximum Gasteiger partial charge on any atom is 0.282 e. The molecule has 3 heterocycles. The molecule has 0 bridgehead atoms. The average molecular weight is 448 g/mol. The zero-order valence-electron chi connectivity index (χ0n) is 18.9. The number of piperazine rings is 1. The zero-order chi connectivity index (χ0) is 22.9. The molecule has 0 unspecified atom stereocenters. The fraction of sp³-hybridized carbons (Fsp3) is 0.440. The summed E-state index contributed by atoms with van der Waals surface area (Å²) in [5.41, 5.74) is 1.71. The molecule has 1 saturated heterocycles. The zero-order valence-corrected chi connectivity index (χ0v) is 18.9. The van der Waals surface area contributed by atoms with Crippen LogP contribution in [0.5, 0.6) is 0 Å². The summed E-state index contributed by atoms with van der Waals surface area (Å²) in [7, 11) is 0. The number of fused-ring (bicyclic) bond motifs is 1. The fourth-order valence-corrected chi connectivity index (χ4v) is 4.97. The molecular weight excluding hydrogens is 418 g/mol. The van der Waals surface area contributed by atoms with Gasteiger partial charge in [-0.2, -0.15) is 9.78 Å². The van der Waals surface area contributed by atoms with Crippen molar-refractivity contribution < 1.29 is 9.59 Å². The lowest BCUT2D eigenvalue weighted by atomic mass is 10.1. The first kappa shape index (κ1) is 21.4. The summed E-state index contributed by atoms with van der Waals surface area (Å²) in [6, 6.07) is 9.23. The van der Waals surface area contributed by atoms with Gasteiger partial charge in [-0.05, 0) is 31.9 Å². The Morgan fingerprint density at radius 3 is 2.30 bits per heavy atom. The third-order valence-electron chi connectivity index (χ3n) is 6.90. The predicted octanol–water partition coefficient (Wildman–Crippen LogP) is 2.63. The molecule has 0 N–H and O–H groups in total. The van der Waals surface area contributed by atoms with Crippen molar-refractivity contribution in [3.63, 3.8) is 0 Å². The second-order valence-electron chi connectivity index (χ2n) is 8.92. The maximum atomic E-state index is 13.5. The number of hydrogen-bond acceptors (Lipinski definition) is 4. The van der Waals surface area contributed by atoms with Crippen LogP contribution in [0.3, 0.4) is 0 Å². The molecule has 0 radical (unpaired) electrons. The van der Waals surface area contributed by atoms with E-state index in [1.165, 1.54) is 4.68 Å². The second-order valence-corrected chi connectivity index (χ2v) is 8.92. The Bertz CT molecular complexity index is 1180. The van der Waals surface area contributed by atoms with E-state index in [4.69, 9.17) is 0 Å². The molecular formula is C25H29N5O3. The van der Waals surface area contributed by atoms with Crippen LogP contribution in [0.1, 0.15) is 43.0 Å². The first-order valence-corrected chi connectivity index (χ1v) is 11.8. The van der Waals surface area contributed by atoms with Crippen LogP contribution in [0.4, 0.5) is 0 Å². The number of aryl methyl sites for hydroxylation is 1. The third-order valence-corrected chi connectivity index (χ3v) is 6.90. The number of amides is 2. The van der Waals surface area contributed by atoms with Crippen molar-refractivity contribution in [2.24, 2.45) is 5.92 Å². The highest BCUT2D eigenvalue weighted by Crippen LogP contribution is 2.28. The molecule has 1 aromatic rings. The minimum absolute atomic E-state index is 0.145. The molecule has 1 saturated carbocycles. The molecule has 0 atom stereocenters. The van der Waals surface area contributed by atoms with Crippen LogP contribution in [-0.4, -0.2) is 62.1 Å². The van der Waals surface area contributed by atoms with Gasteiger partial charge >= 0.3 is 0 Å². The molecule has 0 spiro atoms. The van der Waals surface area contributed by atoms with Crippen LogP contribution in [0.15, 0.2) is 47.5 Å². The van der Waals surface area contributed by atoms with Crippen molar-refractivity contribution in [1.82, 2.24) is 24.1 Å². The van der Waals surface area contributed by atoms with Gasteiger partial charge in [0.15, 0.2) is 0 Å². The molecule has 2 amide bonds. The number of para-hydroxylation sites is 1. The molecule has 0 aromatic heterocycles. The number of nitrogens with zero attached hydrogens (tertiary/aromatic N) is 5. The number of pyridine rings is 1. The summed E-state index contributed by atoms with van der Waals surface area (Å²) in [5.74, 6) is 0.249. The van der Waals surface area contributed by atoms with E-state index in [0.29, 0.717) is 55.2 Å². The van der Waals surface area contributed by atoms with E-state index >= 15 is 0 Å². The SMILES string of the molecule is CCn1cc(C(=O)N2CCN(C(=O)C3CCCC3)CC2)c2nn(-c3ccccc3)c(=O)c-2c1. The quantitative estimate of drug-likeness (QED) is 0.616. The lowest BCUT2D eigenvalue weighted by molar-refractivity contribution is -0.136. The van der Waals surface area contributed by atoms with Gasteiger partial charge in [-0.3, -0.25) is 14.4 Å². The van der Waals surface area contributed by atoms with Gasteiger partial charge in [0.05, 0.1) is 16.8 Å². The number of carbonyl (C=O) groups excluding carboxylic acids is 2. The lowest BCUT2D eigenvalue weighted by Crippen LogP contribution is -2.51. The van der Waals surface area contributed by atoms with Crippen molar-refractivity contribution in [3.05, 3.63) is 58.6 Å². The minimum atomic E-state index is -0.236. The topological polar surface area (TPSA) is 80.4 Å². The van der Waals surface area contributed by atoms with E-state index in [9.17, 15) is 14.4 Å². The number of aromatic nitrogens is 3. The molecule has 172 valence electrons. The smallest absolute Gasteiger partial charge is 0.282 e. The number of hydrogen-bond donors (Lipinski definition) is 0. The van der Waals surface area contributed by atoms with Crippen molar-refractivity contribution >= 4 is 11.8 Å². The van der Waals surface area contributed by atoms with Crippen LogP contribution in [0.25, 0.3) is 16.9 Å². The molecule has 3 aliphatic heterocycles.